The van der Waals surface area contributed by atoms with Crippen LogP contribution in [0.2, 0.25) is 0 Å². The smallest absolute Gasteiger partial charge is 0.0601 e. The summed E-state index contributed by atoms with van der Waals surface area (Å²) >= 11 is 0. The van der Waals surface area contributed by atoms with Crippen LogP contribution in [0, 0.1) is 11.8 Å². The lowest BCUT2D eigenvalue weighted by molar-refractivity contribution is 0.257. The largest absolute Gasteiger partial charge is 0.411 e. The van der Waals surface area contributed by atoms with E-state index >= 15 is 0 Å². The summed E-state index contributed by atoms with van der Waals surface area (Å²) in [5.41, 5.74) is 1.07. The highest BCUT2D eigenvalue weighted by atomic mass is 16.4. The van der Waals surface area contributed by atoms with Crippen LogP contribution >= 0.6 is 0 Å². The van der Waals surface area contributed by atoms with E-state index in [0.29, 0.717) is 5.92 Å². The van der Waals surface area contributed by atoms with Crippen LogP contribution in [-0.2, 0) is 0 Å². The third kappa shape index (κ3) is 1.26. The quantitative estimate of drug-likeness (QED) is 0.420. The molecule has 0 spiro atoms. The zero-order valence-electron chi connectivity index (χ0n) is 6.79. The molecule has 2 fully saturated rings. The van der Waals surface area contributed by atoms with Gasteiger partial charge in [-0.2, -0.15) is 0 Å². The topological polar surface area (TPSA) is 32.6 Å². The Morgan fingerprint density at radius 3 is 3.00 bits per heavy atom. The zero-order valence-corrected chi connectivity index (χ0v) is 6.79. The first-order valence-electron chi connectivity index (χ1n) is 4.61. The Morgan fingerprint density at radius 2 is 2.18 bits per heavy atom. The van der Waals surface area contributed by atoms with Crippen molar-refractivity contribution in [2.24, 2.45) is 17.0 Å². The molecule has 0 radical (unpaired) electrons. The van der Waals surface area contributed by atoms with E-state index in [0.717, 1.165) is 18.1 Å². The normalized spacial score (nSPS) is 40.9. The molecule has 2 bridgehead atoms. The van der Waals surface area contributed by atoms with Gasteiger partial charge in [0.1, 0.15) is 0 Å². The summed E-state index contributed by atoms with van der Waals surface area (Å²) in [5, 5.41) is 12.1. The van der Waals surface area contributed by atoms with Crippen molar-refractivity contribution in [1.82, 2.24) is 0 Å². The molecule has 2 heteroatoms. The predicted octanol–water partition coefficient (Wildman–Crippen LogP) is 2.42. The minimum Gasteiger partial charge on any atom is -0.411 e. The fourth-order valence-electron chi connectivity index (χ4n) is 2.54. The van der Waals surface area contributed by atoms with Gasteiger partial charge in [0.2, 0.25) is 0 Å². The highest BCUT2D eigenvalue weighted by Gasteiger charge is 2.30. The maximum Gasteiger partial charge on any atom is 0.0601 e. The SMILES string of the molecule is ON=C1CC[C@@H]2CCC[C@@H]1C2. The molecule has 0 aromatic rings. The predicted molar refractivity (Wildman–Crippen MR) is 43.9 cm³/mol. The molecule has 11 heavy (non-hydrogen) atoms. The van der Waals surface area contributed by atoms with E-state index in [1.54, 1.807) is 0 Å². The minimum atomic E-state index is 0.632. The molecular formula is C9H15NO. The van der Waals surface area contributed by atoms with Crippen LogP contribution in [0.5, 0.6) is 0 Å². The van der Waals surface area contributed by atoms with Crippen molar-refractivity contribution in [2.75, 3.05) is 0 Å². The van der Waals surface area contributed by atoms with Crippen molar-refractivity contribution < 1.29 is 5.21 Å². The van der Waals surface area contributed by atoms with Crippen LogP contribution < -0.4 is 0 Å². The summed E-state index contributed by atoms with van der Waals surface area (Å²) in [4.78, 5) is 0. The van der Waals surface area contributed by atoms with E-state index < -0.39 is 0 Å². The molecule has 62 valence electrons. The number of nitrogens with zero attached hydrogens (tertiary/aromatic N) is 1. The molecule has 2 nitrogen and oxygen atoms in total. The summed E-state index contributed by atoms with van der Waals surface area (Å²) in [6.45, 7) is 0. The summed E-state index contributed by atoms with van der Waals surface area (Å²) in [6, 6.07) is 0. The average molecular weight is 153 g/mol. The molecule has 1 N–H and O–H groups in total. The first-order valence-corrected chi connectivity index (χ1v) is 4.61. The van der Waals surface area contributed by atoms with Gasteiger partial charge in [0.25, 0.3) is 0 Å². The molecule has 0 heterocycles. The number of hydrogen-bond acceptors (Lipinski definition) is 2. The van der Waals surface area contributed by atoms with E-state index in [1.807, 2.05) is 0 Å². The standard InChI is InChI=1S/C9H15NO/c11-10-9-5-4-7-2-1-3-8(9)6-7/h7-8,11H,1-6H2/t7-,8+/m0/s1. The highest BCUT2D eigenvalue weighted by Crippen LogP contribution is 2.38. The molecule has 0 aromatic heterocycles. The van der Waals surface area contributed by atoms with Gasteiger partial charge in [-0.3, -0.25) is 0 Å². The van der Waals surface area contributed by atoms with E-state index in [1.165, 1.54) is 32.1 Å². The fourth-order valence-corrected chi connectivity index (χ4v) is 2.54. The molecular weight excluding hydrogens is 138 g/mol. The van der Waals surface area contributed by atoms with Gasteiger partial charge in [0, 0.05) is 5.92 Å². The van der Waals surface area contributed by atoms with Crippen molar-refractivity contribution in [3.63, 3.8) is 0 Å². The number of hydrogen-bond donors (Lipinski definition) is 1. The fraction of sp³-hybridized carbons (Fsp3) is 0.889. The van der Waals surface area contributed by atoms with Gasteiger partial charge < -0.3 is 5.21 Å². The van der Waals surface area contributed by atoms with Crippen molar-refractivity contribution in [2.45, 2.75) is 38.5 Å². The summed E-state index contributed by atoms with van der Waals surface area (Å²) < 4.78 is 0. The Kier molecular flexibility index (Phi) is 1.84. The minimum absolute atomic E-state index is 0.632. The van der Waals surface area contributed by atoms with Gasteiger partial charge in [-0.05, 0) is 31.6 Å². The third-order valence-corrected chi connectivity index (χ3v) is 3.19. The van der Waals surface area contributed by atoms with Gasteiger partial charge >= 0.3 is 0 Å². The number of rotatable bonds is 0. The van der Waals surface area contributed by atoms with Crippen LogP contribution in [-0.4, -0.2) is 10.9 Å². The Balaban J connectivity index is 2.08. The van der Waals surface area contributed by atoms with E-state index in [9.17, 15) is 0 Å². The Bertz CT molecular complexity index is 176. The number of fused-ring (bicyclic) bond motifs is 2. The molecule has 2 aliphatic rings. The lowest BCUT2D eigenvalue weighted by atomic mass is 9.71. The van der Waals surface area contributed by atoms with Gasteiger partial charge in [-0.15, -0.1) is 0 Å². The maximum atomic E-state index is 8.69. The maximum absolute atomic E-state index is 8.69. The van der Waals surface area contributed by atoms with Crippen LogP contribution in [0.25, 0.3) is 0 Å². The molecule has 2 saturated carbocycles. The second-order valence-corrected chi connectivity index (χ2v) is 3.86. The lowest BCUT2D eigenvalue weighted by Gasteiger charge is -2.34. The molecule has 0 unspecified atom stereocenters. The van der Waals surface area contributed by atoms with E-state index in [-0.39, 0.29) is 0 Å². The molecule has 2 atom stereocenters. The first-order chi connectivity index (χ1) is 5.40. The van der Waals surface area contributed by atoms with E-state index in [4.69, 9.17) is 5.21 Å². The molecule has 0 saturated heterocycles. The summed E-state index contributed by atoms with van der Waals surface area (Å²) in [6.07, 6.45) is 7.61. The van der Waals surface area contributed by atoms with Gasteiger partial charge in [0.05, 0.1) is 5.71 Å². The van der Waals surface area contributed by atoms with Crippen molar-refractivity contribution in [1.29, 1.82) is 0 Å². The van der Waals surface area contributed by atoms with Crippen molar-refractivity contribution in [3.8, 4) is 0 Å². The molecule has 0 aromatic carbocycles. The van der Waals surface area contributed by atoms with Crippen molar-refractivity contribution >= 4 is 5.71 Å². The number of oxime groups is 1. The Labute approximate surface area is 67.3 Å². The van der Waals surface area contributed by atoms with Crippen LogP contribution in [0.4, 0.5) is 0 Å². The molecule has 0 amide bonds. The monoisotopic (exact) mass is 153 g/mol. The lowest BCUT2D eigenvalue weighted by Crippen LogP contribution is -2.28. The van der Waals surface area contributed by atoms with Crippen LogP contribution in [0.3, 0.4) is 0 Å². The van der Waals surface area contributed by atoms with Crippen molar-refractivity contribution in [3.05, 3.63) is 0 Å². The van der Waals surface area contributed by atoms with Gasteiger partial charge in [0.15, 0.2) is 0 Å². The second kappa shape index (κ2) is 2.84. The van der Waals surface area contributed by atoms with Gasteiger partial charge in [-0.25, -0.2) is 0 Å². The average Bonchev–Trinajstić information content (AvgIpc) is 2.06. The third-order valence-electron chi connectivity index (χ3n) is 3.19. The van der Waals surface area contributed by atoms with Gasteiger partial charge in [-0.1, -0.05) is 18.0 Å². The molecule has 2 rings (SSSR count). The summed E-state index contributed by atoms with van der Waals surface area (Å²) in [5.74, 6) is 1.58. The zero-order chi connectivity index (χ0) is 7.68. The second-order valence-electron chi connectivity index (χ2n) is 3.86. The molecule has 2 aliphatic carbocycles. The van der Waals surface area contributed by atoms with E-state index in [2.05, 4.69) is 5.16 Å². The molecule has 0 aliphatic heterocycles. The Morgan fingerprint density at radius 1 is 1.27 bits per heavy atom. The van der Waals surface area contributed by atoms with Crippen LogP contribution in [0.1, 0.15) is 38.5 Å². The first kappa shape index (κ1) is 7.14. The van der Waals surface area contributed by atoms with Crippen LogP contribution in [0.15, 0.2) is 5.16 Å². The highest BCUT2D eigenvalue weighted by molar-refractivity contribution is 5.87. The summed E-state index contributed by atoms with van der Waals surface area (Å²) in [7, 11) is 0. The Hall–Kier alpha value is -0.530.